The molecule has 0 fully saturated rings. The quantitative estimate of drug-likeness (QED) is 0.180. The molecule has 3 heterocycles. The molecule has 54 heavy (non-hydrogen) atoms. The third-order valence-electron chi connectivity index (χ3n) is 10.7. The number of aromatic nitrogens is 4. The molecule has 0 aliphatic heterocycles. The van der Waals surface area contributed by atoms with Crippen molar-refractivity contribution in [3.63, 3.8) is 0 Å². The van der Waals surface area contributed by atoms with E-state index in [2.05, 4.69) is 185 Å². The van der Waals surface area contributed by atoms with E-state index in [1.165, 1.54) is 43.6 Å². The molecular weight excluding hydrogens is 657 g/mol. The second kappa shape index (κ2) is 12.1. The summed E-state index contributed by atoms with van der Waals surface area (Å²) in [5, 5.41) is 5.95. The summed E-state index contributed by atoms with van der Waals surface area (Å²) in [5.74, 6) is 0.711. The molecule has 0 unspecified atom stereocenters. The normalized spacial score (nSPS) is 11.7. The number of benzene rings is 8. The molecule has 3 aromatic heterocycles. The fraction of sp³-hybridized carbons (Fsp3) is 0. The van der Waals surface area contributed by atoms with Crippen LogP contribution in [0.4, 0.5) is 0 Å². The largest absolute Gasteiger partial charge is 0.309 e. The van der Waals surface area contributed by atoms with Crippen LogP contribution in [-0.2, 0) is 0 Å². The maximum absolute atomic E-state index is 5.33. The van der Waals surface area contributed by atoms with Gasteiger partial charge in [0.1, 0.15) is 0 Å². The first-order valence-electron chi connectivity index (χ1n) is 18.3. The molecule has 0 aliphatic carbocycles. The maximum atomic E-state index is 5.33. The lowest BCUT2D eigenvalue weighted by atomic mass is 9.98. The summed E-state index contributed by atoms with van der Waals surface area (Å²) >= 11 is 0. The minimum absolute atomic E-state index is 0.711. The first kappa shape index (κ1) is 30.3. The molecule has 0 saturated carbocycles. The van der Waals surface area contributed by atoms with Crippen LogP contribution in [0.1, 0.15) is 0 Å². The topological polar surface area (TPSA) is 35.6 Å². The Morgan fingerprint density at radius 1 is 0.296 bits per heavy atom. The molecule has 11 rings (SSSR count). The highest BCUT2D eigenvalue weighted by molar-refractivity contribution is 6.11. The lowest BCUT2D eigenvalue weighted by molar-refractivity contribution is 1.18. The molecule has 0 amide bonds. The monoisotopic (exact) mass is 688 g/mol. The van der Waals surface area contributed by atoms with Crippen LogP contribution in [0.25, 0.3) is 99.7 Å². The highest BCUT2D eigenvalue weighted by Crippen LogP contribution is 2.38. The Balaban J connectivity index is 1.12. The van der Waals surface area contributed by atoms with Gasteiger partial charge in [0, 0.05) is 49.4 Å². The van der Waals surface area contributed by atoms with E-state index < -0.39 is 0 Å². The van der Waals surface area contributed by atoms with Crippen molar-refractivity contribution in [1.29, 1.82) is 0 Å². The van der Waals surface area contributed by atoms with Crippen molar-refractivity contribution in [2.75, 3.05) is 0 Å². The van der Waals surface area contributed by atoms with Crippen molar-refractivity contribution in [1.82, 2.24) is 19.1 Å². The molecule has 4 nitrogen and oxygen atoms in total. The van der Waals surface area contributed by atoms with Crippen LogP contribution >= 0.6 is 0 Å². The van der Waals surface area contributed by atoms with Crippen molar-refractivity contribution in [3.05, 3.63) is 194 Å². The molecule has 4 heteroatoms. The highest BCUT2D eigenvalue weighted by atomic mass is 15.0. The first-order valence-corrected chi connectivity index (χ1v) is 18.3. The van der Waals surface area contributed by atoms with Crippen LogP contribution in [0, 0.1) is 0 Å². The summed E-state index contributed by atoms with van der Waals surface area (Å²) in [4.78, 5) is 10.5. The van der Waals surface area contributed by atoms with E-state index in [9.17, 15) is 0 Å². The van der Waals surface area contributed by atoms with Gasteiger partial charge in [-0.2, -0.15) is 0 Å². The Hall–Kier alpha value is -7.30. The van der Waals surface area contributed by atoms with Gasteiger partial charge in [-0.25, -0.2) is 9.97 Å². The lowest BCUT2D eigenvalue weighted by Gasteiger charge is -2.14. The Labute approximate surface area is 311 Å². The number of nitrogens with zero attached hydrogens (tertiary/aromatic N) is 4. The molecule has 0 N–H and O–H groups in total. The maximum Gasteiger partial charge on any atom is 0.160 e. The van der Waals surface area contributed by atoms with Crippen molar-refractivity contribution >= 4 is 54.5 Å². The standard InChI is InChI=1S/C50H32N4/c1-3-14-33(15-4-1)50-51-44-28-26-34(35-27-29-48-42(31-35)41-22-9-12-25-47(41)53(48)37-17-5-2-6-18-37)32-43(44)49(52-50)36-16-13-19-38(30-36)54-45-23-10-7-20-39(45)40-21-8-11-24-46(40)54/h1-32H. The van der Waals surface area contributed by atoms with E-state index in [4.69, 9.17) is 9.97 Å². The summed E-state index contributed by atoms with van der Waals surface area (Å²) in [6, 6.07) is 69.1. The van der Waals surface area contributed by atoms with Crippen LogP contribution in [0.2, 0.25) is 0 Å². The number of hydrogen-bond acceptors (Lipinski definition) is 2. The predicted molar refractivity (Wildman–Crippen MR) is 225 cm³/mol. The number of rotatable bonds is 5. The SMILES string of the molecule is c1ccc(-c2nc(-c3cccc(-n4c5ccccc5c5ccccc54)c3)c3cc(-c4ccc5c(c4)c4ccccc4n5-c4ccccc4)ccc3n2)cc1. The van der Waals surface area contributed by atoms with Crippen molar-refractivity contribution in [2.24, 2.45) is 0 Å². The Morgan fingerprint density at radius 2 is 0.796 bits per heavy atom. The summed E-state index contributed by atoms with van der Waals surface area (Å²) in [6.45, 7) is 0. The van der Waals surface area contributed by atoms with Gasteiger partial charge in [-0.3, -0.25) is 0 Å². The van der Waals surface area contributed by atoms with Gasteiger partial charge in [0.25, 0.3) is 0 Å². The average Bonchev–Trinajstić information content (AvgIpc) is 3.76. The number of para-hydroxylation sites is 4. The Morgan fingerprint density at radius 3 is 1.48 bits per heavy atom. The van der Waals surface area contributed by atoms with Crippen LogP contribution < -0.4 is 0 Å². The van der Waals surface area contributed by atoms with E-state index in [0.29, 0.717) is 5.82 Å². The smallest absolute Gasteiger partial charge is 0.160 e. The van der Waals surface area contributed by atoms with E-state index in [1.54, 1.807) is 0 Å². The summed E-state index contributed by atoms with van der Waals surface area (Å²) in [7, 11) is 0. The molecular formula is C50H32N4. The van der Waals surface area contributed by atoms with Gasteiger partial charge in [0.2, 0.25) is 0 Å². The van der Waals surface area contributed by atoms with Gasteiger partial charge in [0.05, 0.1) is 33.3 Å². The van der Waals surface area contributed by atoms with Crippen LogP contribution in [0.3, 0.4) is 0 Å². The predicted octanol–water partition coefficient (Wildman–Crippen LogP) is 12.8. The molecule has 0 aliphatic rings. The van der Waals surface area contributed by atoms with Crippen LogP contribution in [0.5, 0.6) is 0 Å². The lowest BCUT2D eigenvalue weighted by Crippen LogP contribution is -1.98. The molecule has 0 spiro atoms. The molecule has 0 saturated heterocycles. The zero-order valence-electron chi connectivity index (χ0n) is 29.3. The van der Waals surface area contributed by atoms with Gasteiger partial charge < -0.3 is 9.13 Å². The Bertz CT molecular complexity index is 3160. The number of fused-ring (bicyclic) bond motifs is 7. The van der Waals surface area contributed by atoms with E-state index in [0.717, 1.165) is 50.2 Å². The second-order valence-corrected chi connectivity index (χ2v) is 13.8. The van der Waals surface area contributed by atoms with Crippen LogP contribution in [-0.4, -0.2) is 19.1 Å². The third-order valence-corrected chi connectivity index (χ3v) is 10.7. The average molecular weight is 689 g/mol. The van der Waals surface area contributed by atoms with Gasteiger partial charge in [-0.15, -0.1) is 0 Å². The second-order valence-electron chi connectivity index (χ2n) is 13.8. The van der Waals surface area contributed by atoms with E-state index >= 15 is 0 Å². The van der Waals surface area contributed by atoms with Gasteiger partial charge in [-0.05, 0) is 77.9 Å². The van der Waals surface area contributed by atoms with Gasteiger partial charge in [0.15, 0.2) is 5.82 Å². The summed E-state index contributed by atoms with van der Waals surface area (Å²) < 4.78 is 4.72. The van der Waals surface area contributed by atoms with Crippen LogP contribution in [0.15, 0.2) is 194 Å². The molecule has 8 aromatic carbocycles. The summed E-state index contributed by atoms with van der Waals surface area (Å²) in [5.41, 5.74) is 13.1. The zero-order chi connectivity index (χ0) is 35.6. The van der Waals surface area contributed by atoms with Gasteiger partial charge >= 0.3 is 0 Å². The van der Waals surface area contributed by atoms with Gasteiger partial charge in [-0.1, -0.05) is 127 Å². The highest BCUT2D eigenvalue weighted by Gasteiger charge is 2.17. The van der Waals surface area contributed by atoms with Crippen molar-refractivity contribution in [3.8, 4) is 45.1 Å². The Kier molecular flexibility index (Phi) is 6.82. The molecule has 0 radical (unpaired) electrons. The molecule has 0 atom stereocenters. The van der Waals surface area contributed by atoms with E-state index in [-0.39, 0.29) is 0 Å². The van der Waals surface area contributed by atoms with Crippen molar-refractivity contribution in [2.45, 2.75) is 0 Å². The molecule has 252 valence electrons. The molecule has 0 bridgehead atoms. The minimum atomic E-state index is 0.711. The minimum Gasteiger partial charge on any atom is -0.309 e. The van der Waals surface area contributed by atoms with E-state index in [1.807, 2.05) is 18.2 Å². The first-order chi connectivity index (χ1) is 26.8. The van der Waals surface area contributed by atoms with Crippen molar-refractivity contribution < 1.29 is 0 Å². The molecule has 11 aromatic rings. The fourth-order valence-electron chi connectivity index (χ4n) is 8.25. The summed E-state index contributed by atoms with van der Waals surface area (Å²) in [6.07, 6.45) is 0. The zero-order valence-corrected chi connectivity index (χ0v) is 29.3. The third kappa shape index (κ3) is 4.78. The number of hydrogen-bond donors (Lipinski definition) is 0. The fourth-order valence-corrected chi connectivity index (χ4v) is 8.25.